The van der Waals surface area contributed by atoms with Crippen LogP contribution < -0.4 is 0 Å². The Bertz CT molecular complexity index is 1060. The number of amides is 1. The van der Waals surface area contributed by atoms with Crippen molar-refractivity contribution in [2.45, 2.75) is 32.1 Å². The standard InChI is InChI=1S/C24H26FN3O3/c1-2-31-22(29)15-20(16-7-9-18(25)10-8-16)17-11-13-28(14-12-17)24(30)23-19-5-3-4-6-21(19)26-27-23/h3-10,17,20H,2,11-15H2,1H3,(H,26,27)/t20-/m1/s1. The van der Waals surface area contributed by atoms with Crippen molar-refractivity contribution in [1.29, 1.82) is 0 Å². The normalized spacial score (nSPS) is 15.7. The highest BCUT2D eigenvalue weighted by Gasteiger charge is 2.32. The lowest BCUT2D eigenvalue weighted by Crippen LogP contribution is -2.40. The number of carbonyl (C=O) groups excluding carboxylic acids is 2. The van der Waals surface area contributed by atoms with Crippen LogP contribution in [0.25, 0.3) is 10.9 Å². The molecule has 1 atom stereocenters. The molecule has 0 radical (unpaired) electrons. The quantitative estimate of drug-likeness (QED) is 0.600. The number of likely N-dealkylation sites (tertiary alicyclic amines) is 1. The van der Waals surface area contributed by atoms with Gasteiger partial charge in [0, 0.05) is 18.5 Å². The van der Waals surface area contributed by atoms with E-state index >= 15 is 0 Å². The number of H-pyrrole nitrogens is 1. The molecule has 3 aromatic rings. The van der Waals surface area contributed by atoms with Crippen molar-refractivity contribution >= 4 is 22.8 Å². The van der Waals surface area contributed by atoms with Gasteiger partial charge >= 0.3 is 5.97 Å². The predicted octanol–water partition coefficient (Wildman–Crippen LogP) is 4.29. The summed E-state index contributed by atoms with van der Waals surface area (Å²) in [6.07, 6.45) is 1.77. The lowest BCUT2D eigenvalue weighted by molar-refractivity contribution is -0.144. The molecule has 162 valence electrons. The van der Waals surface area contributed by atoms with Gasteiger partial charge in [0.1, 0.15) is 5.82 Å². The minimum absolute atomic E-state index is 0.0666. The van der Waals surface area contributed by atoms with Crippen LogP contribution in [0, 0.1) is 11.7 Å². The Labute approximate surface area is 180 Å². The average Bonchev–Trinajstić information content (AvgIpc) is 3.22. The van der Waals surface area contributed by atoms with Gasteiger partial charge in [-0.25, -0.2) is 4.39 Å². The Morgan fingerprint density at radius 3 is 2.58 bits per heavy atom. The van der Waals surface area contributed by atoms with Crippen molar-refractivity contribution in [2.24, 2.45) is 5.92 Å². The maximum absolute atomic E-state index is 13.4. The number of carbonyl (C=O) groups is 2. The van der Waals surface area contributed by atoms with Gasteiger partial charge in [0.05, 0.1) is 18.5 Å². The third kappa shape index (κ3) is 4.60. The zero-order valence-corrected chi connectivity index (χ0v) is 17.5. The Balaban J connectivity index is 1.47. The van der Waals surface area contributed by atoms with Crippen LogP contribution in [-0.2, 0) is 9.53 Å². The number of rotatable bonds is 6. The molecule has 1 aliphatic rings. The molecule has 1 N–H and O–H groups in total. The number of piperidine rings is 1. The molecule has 0 bridgehead atoms. The van der Waals surface area contributed by atoms with Gasteiger partial charge in [0.2, 0.25) is 0 Å². The summed E-state index contributed by atoms with van der Waals surface area (Å²) in [4.78, 5) is 27.1. The third-order valence-corrected chi connectivity index (χ3v) is 6.06. The molecule has 1 amide bonds. The zero-order chi connectivity index (χ0) is 21.8. The van der Waals surface area contributed by atoms with Crippen LogP contribution >= 0.6 is 0 Å². The molecule has 0 unspecified atom stereocenters. The van der Waals surface area contributed by atoms with Crippen LogP contribution in [0.3, 0.4) is 0 Å². The number of nitrogens with one attached hydrogen (secondary N) is 1. The first-order valence-corrected chi connectivity index (χ1v) is 10.7. The number of aromatic amines is 1. The molecule has 7 heteroatoms. The molecule has 2 aromatic carbocycles. The number of esters is 1. The lowest BCUT2D eigenvalue weighted by Gasteiger charge is -2.36. The van der Waals surface area contributed by atoms with Crippen molar-refractivity contribution in [3.63, 3.8) is 0 Å². The molecule has 1 fully saturated rings. The van der Waals surface area contributed by atoms with Crippen molar-refractivity contribution in [3.8, 4) is 0 Å². The maximum atomic E-state index is 13.4. The van der Waals surface area contributed by atoms with Gasteiger partial charge in [-0.1, -0.05) is 30.3 Å². The summed E-state index contributed by atoms with van der Waals surface area (Å²) in [5.41, 5.74) is 2.21. The first kappa shape index (κ1) is 21.0. The Morgan fingerprint density at radius 2 is 1.87 bits per heavy atom. The van der Waals surface area contributed by atoms with E-state index in [0.29, 0.717) is 25.4 Å². The van der Waals surface area contributed by atoms with Crippen molar-refractivity contribution < 1.29 is 18.7 Å². The summed E-state index contributed by atoms with van der Waals surface area (Å²) in [6.45, 7) is 3.30. The molecular weight excluding hydrogens is 397 g/mol. The van der Waals surface area contributed by atoms with Gasteiger partial charge in [-0.2, -0.15) is 5.10 Å². The topological polar surface area (TPSA) is 75.3 Å². The minimum Gasteiger partial charge on any atom is -0.466 e. The van der Waals surface area contributed by atoms with E-state index < -0.39 is 0 Å². The molecule has 0 saturated carbocycles. The van der Waals surface area contributed by atoms with Gasteiger partial charge < -0.3 is 9.64 Å². The van der Waals surface area contributed by atoms with E-state index in [1.54, 1.807) is 19.1 Å². The summed E-state index contributed by atoms with van der Waals surface area (Å²) in [5.74, 6) is -0.499. The summed E-state index contributed by atoms with van der Waals surface area (Å²) >= 11 is 0. The fraction of sp³-hybridized carbons (Fsp3) is 0.375. The third-order valence-electron chi connectivity index (χ3n) is 6.06. The Hall–Kier alpha value is -3.22. The zero-order valence-electron chi connectivity index (χ0n) is 17.5. The first-order valence-electron chi connectivity index (χ1n) is 10.7. The van der Waals surface area contributed by atoms with Crippen molar-refractivity contribution in [2.75, 3.05) is 19.7 Å². The number of aromatic nitrogens is 2. The SMILES string of the molecule is CCOC(=O)C[C@H](c1ccc(F)cc1)C1CCN(C(=O)c2n[nH]c3ccccc23)CC1. The van der Waals surface area contributed by atoms with Crippen LogP contribution in [0.1, 0.15) is 48.2 Å². The summed E-state index contributed by atoms with van der Waals surface area (Å²) in [6, 6.07) is 13.9. The molecule has 4 rings (SSSR count). The number of hydrogen-bond donors (Lipinski definition) is 1. The highest BCUT2D eigenvalue weighted by Crippen LogP contribution is 2.36. The second kappa shape index (κ2) is 9.29. The van der Waals surface area contributed by atoms with E-state index in [9.17, 15) is 14.0 Å². The number of benzene rings is 2. The summed E-state index contributed by atoms with van der Waals surface area (Å²) < 4.78 is 18.6. The van der Waals surface area contributed by atoms with Crippen LogP contribution in [0.2, 0.25) is 0 Å². The van der Waals surface area contributed by atoms with Crippen molar-refractivity contribution in [3.05, 3.63) is 65.6 Å². The summed E-state index contributed by atoms with van der Waals surface area (Å²) in [5, 5.41) is 7.96. The van der Waals surface area contributed by atoms with Crippen LogP contribution in [-0.4, -0.2) is 46.7 Å². The molecule has 0 spiro atoms. The first-order chi connectivity index (χ1) is 15.1. The van der Waals surface area contributed by atoms with E-state index in [1.807, 2.05) is 29.2 Å². The van der Waals surface area contributed by atoms with E-state index in [0.717, 1.165) is 29.3 Å². The number of ether oxygens (including phenoxy) is 1. The molecule has 1 saturated heterocycles. The molecule has 6 nitrogen and oxygen atoms in total. The van der Waals surface area contributed by atoms with Crippen LogP contribution in [0.4, 0.5) is 4.39 Å². The number of fused-ring (bicyclic) bond motifs is 1. The number of halogens is 1. The van der Waals surface area contributed by atoms with Gasteiger partial charge in [0.25, 0.3) is 5.91 Å². The van der Waals surface area contributed by atoms with Crippen molar-refractivity contribution in [1.82, 2.24) is 15.1 Å². The molecule has 1 aromatic heterocycles. The van der Waals surface area contributed by atoms with Gasteiger partial charge in [-0.15, -0.1) is 0 Å². The molecule has 0 aliphatic carbocycles. The predicted molar refractivity (Wildman–Crippen MR) is 115 cm³/mol. The highest BCUT2D eigenvalue weighted by molar-refractivity contribution is 6.04. The molecule has 1 aliphatic heterocycles. The van der Waals surface area contributed by atoms with E-state index in [1.165, 1.54) is 12.1 Å². The van der Waals surface area contributed by atoms with E-state index in [4.69, 9.17) is 4.74 Å². The van der Waals surface area contributed by atoms with Crippen LogP contribution in [0.5, 0.6) is 0 Å². The molecule has 31 heavy (non-hydrogen) atoms. The average molecular weight is 423 g/mol. The maximum Gasteiger partial charge on any atom is 0.306 e. The molecular formula is C24H26FN3O3. The van der Waals surface area contributed by atoms with E-state index in [2.05, 4.69) is 10.2 Å². The summed E-state index contributed by atoms with van der Waals surface area (Å²) in [7, 11) is 0. The van der Waals surface area contributed by atoms with Gasteiger partial charge in [0.15, 0.2) is 5.69 Å². The number of para-hydroxylation sites is 1. The molecule has 2 heterocycles. The Kier molecular flexibility index (Phi) is 6.30. The second-order valence-corrected chi connectivity index (χ2v) is 7.91. The van der Waals surface area contributed by atoms with Crippen LogP contribution in [0.15, 0.2) is 48.5 Å². The monoisotopic (exact) mass is 423 g/mol. The fourth-order valence-corrected chi connectivity index (χ4v) is 4.45. The van der Waals surface area contributed by atoms with Gasteiger partial charge in [-0.3, -0.25) is 14.7 Å². The van der Waals surface area contributed by atoms with E-state index in [-0.39, 0.29) is 36.0 Å². The number of nitrogens with zero attached hydrogens (tertiary/aromatic N) is 2. The lowest BCUT2D eigenvalue weighted by atomic mass is 9.78. The minimum atomic E-state index is -0.301. The highest BCUT2D eigenvalue weighted by atomic mass is 19.1. The second-order valence-electron chi connectivity index (χ2n) is 7.91. The van der Waals surface area contributed by atoms with Gasteiger partial charge in [-0.05, 0) is 55.4 Å². The Morgan fingerprint density at radius 1 is 1.16 bits per heavy atom. The smallest absolute Gasteiger partial charge is 0.306 e. The number of hydrogen-bond acceptors (Lipinski definition) is 4. The largest absolute Gasteiger partial charge is 0.466 e. The fourth-order valence-electron chi connectivity index (χ4n) is 4.45.